The number of hydrogen-bond donors (Lipinski definition) is 2. The standard InChI is InChI=1S/C19H18N4O2/c24-17-3-1-13-5-7-23(8-6-14(13)9-17)19(25)18-4-2-15(10-20-18)16-11-21-22-12-16/h1-4,9-12,24H,5-8H2,(H,21,22). The second-order valence-corrected chi connectivity index (χ2v) is 6.16. The number of aromatic amines is 1. The highest BCUT2D eigenvalue weighted by Gasteiger charge is 2.21. The first kappa shape index (κ1) is 15.4. The molecule has 0 aliphatic carbocycles. The maximum Gasteiger partial charge on any atom is 0.272 e. The van der Waals surface area contributed by atoms with Crippen molar-refractivity contribution in [3.63, 3.8) is 0 Å². The van der Waals surface area contributed by atoms with Gasteiger partial charge in [0.15, 0.2) is 0 Å². The number of phenols is 1. The van der Waals surface area contributed by atoms with Gasteiger partial charge in [0.2, 0.25) is 0 Å². The molecule has 0 spiro atoms. The van der Waals surface area contributed by atoms with Gasteiger partial charge < -0.3 is 10.0 Å². The lowest BCUT2D eigenvalue weighted by Crippen LogP contribution is -2.33. The summed E-state index contributed by atoms with van der Waals surface area (Å²) >= 11 is 0. The molecule has 0 saturated heterocycles. The third-order valence-electron chi connectivity index (χ3n) is 4.59. The summed E-state index contributed by atoms with van der Waals surface area (Å²) in [5.74, 6) is 0.214. The van der Waals surface area contributed by atoms with Crippen LogP contribution in [0.4, 0.5) is 0 Å². The van der Waals surface area contributed by atoms with Gasteiger partial charge >= 0.3 is 0 Å². The molecule has 0 bridgehead atoms. The average molecular weight is 334 g/mol. The van der Waals surface area contributed by atoms with Crippen LogP contribution in [0, 0.1) is 0 Å². The van der Waals surface area contributed by atoms with E-state index in [1.165, 1.54) is 5.56 Å². The fourth-order valence-corrected chi connectivity index (χ4v) is 3.18. The predicted octanol–water partition coefficient (Wildman–Crippen LogP) is 2.42. The number of phenolic OH excluding ortho intramolecular Hbond substituents is 1. The van der Waals surface area contributed by atoms with E-state index >= 15 is 0 Å². The van der Waals surface area contributed by atoms with E-state index in [0.717, 1.165) is 29.5 Å². The first-order valence-electron chi connectivity index (χ1n) is 8.26. The number of aromatic nitrogens is 3. The van der Waals surface area contributed by atoms with Gasteiger partial charge in [0.25, 0.3) is 5.91 Å². The van der Waals surface area contributed by atoms with E-state index < -0.39 is 0 Å². The van der Waals surface area contributed by atoms with E-state index in [1.807, 2.05) is 17.0 Å². The third-order valence-corrected chi connectivity index (χ3v) is 4.59. The van der Waals surface area contributed by atoms with Gasteiger partial charge in [-0.1, -0.05) is 12.1 Å². The van der Waals surface area contributed by atoms with Crippen LogP contribution in [0.15, 0.2) is 48.9 Å². The van der Waals surface area contributed by atoms with Crippen molar-refractivity contribution in [3.8, 4) is 16.9 Å². The summed E-state index contributed by atoms with van der Waals surface area (Å²) in [6.45, 7) is 1.28. The lowest BCUT2D eigenvalue weighted by molar-refractivity contribution is 0.0757. The van der Waals surface area contributed by atoms with Gasteiger partial charge in [0, 0.05) is 36.6 Å². The van der Waals surface area contributed by atoms with Gasteiger partial charge in [-0.15, -0.1) is 0 Å². The number of benzene rings is 1. The zero-order valence-corrected chi connectivity index (χ0v) is 13.6. The minimum Gasteiger partial charge on any atom is -0.508 e. The van der Waals surface area contributed by atoms with Gasteiger partial charge in [0.05, 0.1) is 6.20 Å². The maximum atomic E-state index is 12.8. The zero-order valence-electron chi connectivity index (χ0n) is 13.6. The van der Waals surface area contributed by atoms with Gasteiger partial charge in [-0.3, -0.25) is 14.9 Å². The highest BCUT2D eigenvalue weighted by Crippen LogP contribution is 2.22. The Labute approximate surface area is 145 Å². The Bertz CT molecular complexity index is 888. The van der Waals surface area contributed by atoms with Crippen LogP contribution in [0.3, 0.4) is 0 Å². The van der Waals surface area contributed by atoms with Crippen molar-refractivity contribution in [1.29, 1.82) is 0 Å². The van der Waals surface area contributed by atoms with Gasteiger partial charge in [-0.25, -0.2) is 0 Å². The summed E-state index contributed by atoms with van der Waals surface area (Å²) in [5, 5.41) is 16.3. The highest BCUT2D eigenvalue weighted by atomic mass is 16.3. The van der Waals surface area contributed by atoms with Crippen molar-refractivity contribution < 1.29 is 9.90 Å². The first-order valence-corrected chi connectivity index (χ1v) is 8.26. The van der Waals surface area contributed by atoms with E-state index in [4.69, 9.17) is 0 Å². The molecule has 126 valence electrons. The molecule has 2 N–H and O–H groups in total. The quantitative estimate of drug-likeness (QED) is 0.754. The molecule has 0 atom stereocenters. The summed E-state index contributed by atoms with van der Waals surface area (Å²) in [4.78, 5) is 18.9. The van der Waals surface area contributed by atoms with E-state index in [9.17, 15) is 9.90 Å². The topological polar surface area (TPSA) is 82.1 Å². The van der Waals surface area contributed by atoms with Crippen LogP contribution in [-0.4, -0.2) is 44.2 Å². The molecule has 0 radical (unpaired) electrons. The minimum atomic E-state index is -0.0595. The number of carbonyl (C=O) groups is 1. The molecule has 3 heterocycles. The zero-order chi connectivity index (χ0) is 17.2. The number of hydrogen-bond acceptors (Lipinski definition) is 4. The molecule has 4 rings (SSSR count). The lowest BCUT2D eigenvalue weighted by atomic mass is 10.0. The number of H-pyrrole nitrogens is 1. The van der Waals surface area contributed by atoms with Crippen LogP contribution in [0.5, 0.6) is 5.75 Å². The van der Waals surface area contributed by atoms with Gasteiger partial charge in [-0.05, 0) is 42.2 Å². The molecule has 1 aliphatic rings. The largest absolute Gasteiger partial charge is 0.508 e. The molecular weight excluding hydrogens is 316 g/mol. The smallest absolute Gasteiger partial charge is 0.272 e. The molecular formula is C19H18N4O2. The van der Waals surface area contributed by atoms with Crippen molar-refractivity contribution >= 4 is 5.91 Å². The molecule has 6 nitrogen and oxygen atoms in total. The SMILES string of the molecule is O=C(c1ccc(-c2cn[nH]c2)cn1)N1CCc2ccc(O)cc2CC1. The molecule has 2 aromatic heterocycles. The third kappa shape index (κ3) is 3.10. The second-order valence-electron chi connectivity index (χ2n) is 6.16. The van der Waals surface area contributed by atoms with E-state index in [1.54, 1.807) is 36.8 Å². The fourth-order valence-electron chi connectivity index (χ4n) is 3.18. The predicted molar refractivity (Wildman–Crippen MR) is 93.2 cm³/mol. The van der Waals surface area contributed by atoms with Crippen LogP contribution < -0.4 is 0 Å². The molecule has 0 unspecified atom stereocenters. The Hall–Kier alpha value is -3.15. The van der Waals surface area contributed by atoms with Crippen molar-refractivity contribution in [2.24, 2.45) is 0 Å². The van der Waals surface area contributed by atoms with Crippen LogP contribution in [0.1, 0.15) is 21.6 Å². The number of amides is 1. The molecule has 1 aliphatic heterocycles. The lowest BCUT2D eigenvalue weighted by Gasteiger charge is -2.19. The van der Waals surface area contributed by atoms with Crippen LogP contribution >= 0.6 is 0 Å². The summed E-state index contributed by atoms with van der Waals surface area (Å²) in [6.07, 6.45) is 6.74. The van der Waals surface area contributed by atoms with Crippen LogP contribution in [0.25, 0.3) is 11.1 Å². The van der Waals surface area contributed by atoms with Gasteiger partial charge in [0.1, 0.15) is 11.4 Å². The number of aromatic hydroxyl groups is 1. The molecule has 1 amide bonds. The Kier molecular flexibility index (Phi) is 3.93. The maximum absolute atomic E-state index is 12.8. The number of nitrogens with one attached hydrogen (secondary N) is 1. The number of rotatable bonds is 2. The fraction of sp³-hybridized carbons (Fsp3) is 0.211. The number of pyridine rings is 1. The Morgan fingerprint density at radius 1 is 1.04 bits per heavy atom. The summed E-state index contributed by atoms with van der Waals surface area (Å²) in [7, 11) is 0. The number of fused-ring (bicyclic) bond motifs is 1. The van der Waals surface area contributed by atoms with Crippen molar-refractivity contribution in [3.05, 3.63) is 65.7 Å². The summed E-state index contributed by atoms with van der Waals surface area (Å²) < 4.78 is 0. The van der Waals surface area contributed by atoms with E-state index in [0.29, 0.717) is 18.8 Å². The second kappa shape index (κ2) is 6.39. The van der Waals surface area contributed by atoms with Crippen LogP contribution in [0.2, 0.25) is 0 Å². The number of nitrogens with zero attached hydrogens (tertiary/aromatic N) is 3. The molecule has 6 heteroatoms. The molecule has 0 fully saturated rings. The van der Waals surface area contributed by atoms with Crippen molar-refractivity contribution in [1.82, 2.24) is 20.1 Å². The van der Waals surface area contributed by atoms with Crippen molar-refractivity contribution in [2.45, 2.75) is 12.8 Å². The molecule has 0 saturated carbocycles. The van der Waals surface area contributed by atoms with E-state index in [-0.39, 0.29) is 11.7 Å². The molecule has 25 heavy (non-hydrogen) atoms. The normalized spacial score (nSPS) is 14.0. The van der Waals surface area contributed by atoms with Crippen molar-refractivity contribution in [2.75, 3.05) is 13.1 Å². The summed E-state index contributed by atoms with van der Waals surface area (Å²) in [6, 6.07) is 9.08. The summed E-state index contributed by atoms with van der Waals surface area (Å²) in [5.41, 5.74) is 4.61. The van der Waals surface area contributed by atoms with E-state index in [2.05, 4.69) is 15.2 Å². The minimum absolute atomic E-state index is 0.0595. The Morgan fingerprint density at radius 3 is 2.60 bits per heavy atom. The Balaban J connectivity index is 1.50. The molecule has 1 aromatic carbocycles. The number of carbonyl (C=O) groups excluding carboxylic acids is 1. The van der Waals surface area contributed by atoms with Crippen LogP contribution in [-0.2, 0) is 12.8 Å². The first-order chi connectivity index (χ1) is 12.2. The monoisotopic (exact) mass is 334 g/mol. The highest BCUT2D eigenvalue weighted by molar-refractivity contribution is 5.92. The average Bonchev–Trinajstić information content (AvgIpc) is 3.09. The van der Waals surface area contributed by atoms with Gasteiger partial charge in [-0.2, -0.15) is 5.10 Å². The molecule has 3 aromatic rings. The Morgan fingerprint density at radius 2 is 1.88 bits per heavy atom.